The molecule has 4 aromatic rings. The van der Waals surface area contributed by atoms with E-state index in [2.05, 4.69) is 0 Å². The normalized spacial score (nSPS) is 11.6. The van der Waals surface area contributed by atoms with Crippen LogP contribution in [0.2, 0.25) is 0 Å². The lowest BCUT2D eigenvalue weighted by Crippen LogP contribution is -2.04. The van der Waals surface area contributed by atoms with E-state index in [4.69, 9.17) is 0 Å². The van der Waals surface area contributed by atoms with Crippen LogP contribution in [0.4, 0.5) is 0 Å². The van der Waals surface area contributed by atoms with Gasteiger partial charge in [-0.15, -0.1) is 0 Å². The maximum Gasteiger partial charge on any atom is 0.458 e. The molecule has 0 bridgehead atoms. The summed E-state index contributed by atoms with van der Waals surface area (Å²) in [7, 11) is -2.15. The van der Waals surface area contributed by atoms with Gasteiger partial charge < -0.3 is 0 Å². The molecule has 0 spiro atoms. The lowest BCUT2D eigenvalue weighted by Gasteiger charge is -2.00. The summed E-state index contributed by atoms with van der Waals surface area (Å²) in [5, 5.41) is 4.45. The molecule has 24 heavy (non-hydrogen) atoms. The predicted molar refractivity (Wildman–Crippen MR) is 99.5 cm³/mol. The van der Waals surface area contributed by atoms with Crippen molar-refractivity contribution >= 4 is 40.2 Å². The van der Waals surface area contributed by atoms with Gasteiger partial charge in [0.05, 0.1) is 5.56 Å². The van der Waals surface area contributed by atoms with Gasteiger partial charge in [-0.1, -0.05) is 65.2 Å². The van der Waals surface area contributed by atoms with Crippen LogP contribution in [0.15, 0.2) is 84.9 Å². The number of fused-ring (bicyclic) bond motifs is 2. The van der Waals surface area contributed by atoms with Gasteiger partial charge in [0.25, 0.3) is 0 Å². The first-order valence-corrected chi connectivity index (χ1v) is 8.98. The molecule has 0 aliphatic heterocycles. The zero-order valence-electron chi connectivity index (χ0n) is 12.8. The Morgan fingerprint density at radius 2 is 1.33 bits per heavy atom. The van der Waals surface area contributed by atoms with Gasteiger partial charge in [-0.2, -0.15) is 0 Å². The lowest BCUT2D eigenvalue weighted by atomic mass is 10.1. The molecule has 4 aromatic carbocycles. The molecule has 114 valence electrons. The first kappa shape index (κ1) is 14.7. The molecular formula is C21H14O2P+. The third-order valence-corrected chi connectivity index (χ3v) is 5.53. The van der Waals surface area contributed by atoms with Crippen molar-refractivity contribution < 1.29 is 9.36 Å². The van der Waals surface area contributed by atoms with Crippen molar-refractivity contribution in [1.29, 1.82) is 0 Å². The van der Waals surface area contributed by atoms with Crippen LogP contribution in [0.1, 0.15) is 10.4 Å². The average molecular weight is 329 g/mol. The van der Waals surface area contributed by atoms with E-state index in [1.54, 1.807) is 12.1 Å². The van der Waals surface area contributed by atoms with Gasteiger partial charge >= 0.3 is 13.3 Å². The van der Waals surface area contributed by atoms with Gasteiger partial charge in [0.2, 0.25) is 0 Å². The Labute approximate surface area is 140 Å². The van der Waals surface area contributed by atoms with Crippen molar-refractivity contribution in [3.8, 4) is 0 Å². The quantitative estimate of drug-likeness (QED) is 0.479. The second-order valence-electron chi connectivity index (χ2n) is 5.66. The van der Waals surface area contributed by atoms with E-state index in [1.807, 2.05) is 72.8 Å². The Morgan fingerprint density at radius 3 is 2.17 bits per heavy atom. The third-order valence-electron chi connectivity index (χ3n) is 4.17. The molecule has 0 fully saturated rings. The molecule has 0 aliphatic carbocycles. The minimum absolute atomic E-state index is 0.322. The Hall–Kier alpha value is -2.83. The summed E-state index contributed by atoms with van der Waals surface area (Å²) >= 11 is 0. The van der Waals surface area contributed by atoms with E-state index < -0.39 is 7.80 Å². The highest BCUT2D eigenvalue weighted by Gasteiger charge is 2.33. The monoisotopic (exact) mass is 329 g/mol. The van der Waals surface area contributed by atoms with Crippen LogP contribution >= 0.6 is 7.80 Å². The fraction of sp³-hybridized carbons (Fsp3) is 0. The summed E-state index contributed by atoms with van der Waals surface area (Å²) in [5.74, 6) is 0. The second kappa shape index (κ2) is 5.99. The Kier molecular flexibility index (Phi) is 3.68. The summed E-state index contributed by atoms with van der Waals surface area (Å²) in [6, 6.07) is 26.6. The van der Waals surface area contributed by atoms with Crippen molar-refractivity contribution in [3.05, 3.63) is 90.5 Å². The van der Waals surface area contributed by atoms with Crippen LogP contribution in [0, 0.1) is 0 Å². The number of hydrogen-bond acceptors (Lipinski definition) is 2. The number of benzene rings is 4. The number of rotatable bonds is 3. The summed E-state index contributed by atoms with van der Waals surface area (Å²) in [5.41, 5.74) is 0.194. The lowest BCUT2D eigenvalue weighted by molar-refractivity contribution is 0.108. The van der Waals surface area contributed by atoms with E-state index >= 15 is 0 Å². The van der Waals surface area contributed by atoms with Gasteiger partial charge in [-0.3, -0.25) is 0 Å². The van der Waals surface area contributed by atoms with E-state index in [0.29, 0.717) is 10.9 Å². The Balaban J connectivity index is 1.78. The second-order valence-corrected chi connectivity index (χ2v) is 7.17. The maximum atomic E-state index is 12.8. The van der Waals surface area contributed by atoms with Crippen molar-refractivity contribution in [3.63, 3.8) is 0 Å². The molecule has 0 amide bonds. The minimum Gasteiger partial charge on any atom is -0.234 e. The zero-order valence-corrected chi connectivity index (χ0v) is 13.7. The van der Waals surface area contributed by atoms with Crippen molar-refractivity contribution in [1.82, 2.24) is 0 Å². The molecule has 0 saturated heterocycles. The van der Waals surface area contributed by atoms with Crippen LogP contribution in [-0.4, -0.2) is 5.52 Å². The molecule has 0 saturated carbocycles. The molecule has 0 radical (unpaired) electrons. The van der Waals surface area contributed by atoms with Crippen LogP contribution in [0.3, 0.4) is 0 Å². The molecule has 1 atom stereocenters. The van der Waals surface area contributed by atoms with Crippen LogP contribution in [0.25, 0.3) is 21.5 Å². The smallest absolute Gasteiger partial charge is 0.234 e. The van der Waals surface area contributed by atoms with E-state index in [0.717, 1.165) is 21.5 Å². The summed E-state index contributed by atoms with van der Waals surface area (Å²) in [6.07, 6.45) is 0. The van der Waals surface area contributed by atoms with Gasteiger partial charge in [-0.05, 0) is 45.8 Å². The minimum atomic E-state index is -2.15. The van der Waals surface area contributed by atoms with Gasteiger partial charge in [0.15, 0.2) is 5.30 Å². The van der Waals surface area contributed by atoms with Crippen LogP contribution in [-0.2, 0) is 4.57 Å². The largest absolute Gasteiger partial charge is 0.458 e. The summed E-state index contributed by atoms with van der Waals surface area (Å²) in [6.45, 7) is 0. The molecule has 4 rings (SSSR count). The SMILES string of the molecule is O=C(c1cccc2ccccc12)[P+](=O)c1ccc2ccccc2c1. The molecule has 1 unspecified atom stereocenters. The fourth-order valence-corrected chi connectivity index (χ4v) is 4.06. The zero-order chi connectivity index (χ0) is 16.5. The Bertz CT molecular complexity index is 1090. The molecule has 0 heterocycles. The third kappa shape index (κ3) is 2.51. The van der Waals surface area contributed by atoms with Gasteiger partial charge in [0, 0.05) is 0 Å². The maximum absolute atomic E-state index is 12.8. The number of hydrogen-bond donors (Lipinski definition) is 0. The topological polar surface area (TPSA) is 34.1 Å². The molecule has 3 heteroatoms. The molecule has 0 aromatic heterocycles. The molecule has 2 nitrogen and oxygen atoms in total. The first-order valence-electron chi connectivity index (χ1n) is 7.72. The van der Waals surface area contributed by atoms with Crippen molar-refractivity contribution in [2.24, 2.45) is 0 Å². The fourth-order valence-electron chi connectivity index (χ4n) is 2.94. The summed E-state index contributed by atoms with van der Waals surface area (Å²) in [4.78, 5) is 12.8. The highest BCUT2D eigenvalue weighted by atomic mass is 31.1. The summed E-state index contributed by atoms with van der Waals surface area (Å²) < 4.78 is 12.8. The van der Waals surface area contributed by atoms with E-state index in [1.165, 1.54) is 0 Å². The number of carbonyl (C=O) groups is 1. The van der Waals surface area contributed by atoms with Gasteiger partial charge in [-0.25, -0.2) is 4.79 Å². The standard InChI is InChI=1S/C21H14O2P/c22-21(20-11-5-9-16-7-3-4-10-19(16)20)24(23)18-13-12-15-6-1-2-8-17(15)14-18/h1-14H/q+1. The van der Waals surface area contributed by atoms with Crippen molar-refractivity contribution in [2.75, 3.05) is 0 Å². The van der Waals surface area contributed by atoms with Crippen LogP contribution in [0.5, 0.6) is 0 Å². The highest BCUT2D eigenvalue weighted by Crippen LogP contribution is 2.31. The molecule has 0 N–H and O–H groups in total. The van der Waals surface area contributed by atoms with E-state index in [9.17, 15) is 9.36 Å². The van der Waals surface area contributed by atoms with Gasteiger partial charge in [0.1, 0.15) is 0 Å². The molecule has 0 aliphatic rings. The highest BCUT2D eigenvalue weighted by molar-refractivity contribution is 7.71. The van der Waals surface area contributed by atoms with E-state index in [-0.39, 0.29) is 5.52 Å². The predicted octanol–water partition coefficient (Wildman–Crippen LogP) is 5.29. The average Bonchev–Trinajstić information content (AvgIpc) is 2.66. The van der Waals surface area contributed by atoms with Crippen molar-refractivity contribution in [2.45, 2.75) is 0 Å². The Morgan fingerprint density at radius 1 is 0.667 bits per heavy atom. The number of carbonyl (C=O) groups excluding carboxylic acids is 1. The molecular weight excluding hydrogens is 315 g/mol. The first-order chi connectivity index (χ1) is 11.7. The van der Waals surface area contributed by atoms with Crippen LogP contribution < -0.4 is 5.30 Å².